The molecule has 3 rings (SSSR count). The molecule has 1 aliphatic carbocycles. The molecule has 1 aromatic carbocycles. The number of nitrogens with one attached hydrogen (secondary N) is 1. The number of hydrogen-bond acceptors (Lipinski definition) is 2. The van der Waals surface area contributed by atoms with Crippen LogP contribution in [0.15, 0.2) is 30.3 Å². The maximum atomic E-state index is 5.68. The third-order valence-corrected chi connectivity index (χ3v) is 5.79. The fraction of sp³-hybridized carbons (Fsp3) is 0.684. The first-order chi connectivity index (χ1) is 10.3. The van der Waals surface area contributed by atoms with Crippen molar-refractivity contribution in [2.24, 2.45) is 5.92 Å². The fourth-order valence-corrected chi connectivity index (χ4v) is 4.54. The number of rotatable bonds is 5. The first-order valence-corrected chi connectivity index (χ1v) is 8.66. The van der Waals surface area contributed by atoms with Gasteiger partial charge in [-0.15, -0.1) is 0 Å². The summed E-state index contributed by atoms with van der Waals surface area (Å²) < 4.78 is 5.68. The van der Waals surface area contributed by atoms with E-state index in [4.69, 9.17) is 4.74 Å². The minimum Gasteiger partial charge on any atom is -0.381 e. The standard InChI is InChI=1S/C19H29NO/c1-20-18(15-16-7-5-6-8-16)19(11-13-21-14-12-19)17-9-3-2-4-10-17/h2-4,9-10,16,18,20H,5-8,11-15H2,1H3. The van der Waals surface area contributed by atoms with Crippen molar-refractivity contribution in [2.45, 2.75) is 56.4 Å². The third kappa shape index (κ3) is 3.17. The van der Waals surface area contributed by atoms with Crippen LogP contribution in [0.25, 0.3) is 0 Å². The van der Waals surface area contributed by atoms with E-state index in [1.165, 1.54) is 37.7 Å². The van der Waals surface area contributed by atoms with E-state index in [9.17, 15) is 0 Å². The van der Waals surface area contributed by atoms with Gasteiger partial charge in [-0.3, -0.25) is 0 Å². The van der Waals surface area contributed by atoms with Crippen molar-refractivity contribution in [1.82, 2.24) is 5.32 Å². The number of hydrogen-bond donors (Lipinski definition) is 1. The lowest BCUT2D eigenvalue weighted by Crippen LogP contribution is -2.51. The Morgan fingerprint density at radius 3 is 2.43 bits per heavy atom. The summed E-state index contributed by atoms with van der Waals surface area (Å²) in [6.45, 7) is 1.80. The largest absolute Gasteiger partial charge is 0.381 e. The number of likely N-dealkylation sites (N-methyl/N-ethyl adjacent to an activating group) is 1. The van der Waals surface area contributed by atoms with E-state index >= 15 is 0 Å². The van der Waals surface area contributed by atoms with E-state index in [-0.39, 0.29) is 5.41 Å². The smallest absolute Gasteiger partial charge is 0.0475 e. The van der Waals surface area contributed by atoms with E-state index in [1.54, 1.807) is 0 Å². The Hall–Kier alpha value is -0.860. The first-order valence-electron chi connectivity index (χ1n) is 8.66. The van der Waals surface area contributed by atoms with Crippen molar-refractivity contribution >= 4 is 0 Å². The molecule has 1 atom stereocenters. The lowest BCUT2D eigenvalue weighted by Gasteiger charge is -2.45. The summed E-state index contributed by atoms with van der Waals surface area (Å²) in [5.41, 5.74) is 1.77. The molecular formula is C19H29NO. The molecule has 0 aromatic heterocycles. The van der Waals surface area contributed by atoms with Crippen LogP contribution < -0.4 is 5.32 Å². The Balaban J connectivity index is 1.85. The second kappa shape index (κ2) is 6.93. The lowest BCUT2D eigenvalue weighted by molar-refractivity contribution is 0.0316. The average molecular weight is 287 g/mol. The molecule has 1 aliphatic heterocycles. The highest BCUT2D eigenvalue weighted by atomic mass is 16.5. The monoisotopic (exact) mass is 287 g/mol. The molecule has 2 fully saturated rings. The molecule has 0 radical (unpaired) electrons. The van der Waals surface area contributed by atoms with E-state index in [2.05, 4.69) is 42.7 Å². The normalized spacial score (nSPS) is 24.0. The molecule has 0 amide bonds. The topological polar surface area (TPSA) is 21.3 Å². The van der Waals surface area contributed by atoms with Crippen molar-refractivity contribution in [3.63, 3.8) is 0 Å². The summed E-state index contributed by atoms with van der Waals surface area (Å²) in [5, 5.41) is 3.68. The summed E-state index contributed by atoms with van der Waals surface area (Å²) in [6.07, 6.45) is 9.35. The molecule has 2 aliphatic rings. The van der Waals surface area contributed by atoms with E-state index in [0.717, 1.165) is 32.0 Å². The molecule has 2 heteroatoms. The molecule has 0 bridgehead atoms. The second-order valence-electron chi connectivity index (χ2n) is 6.86. The van der Waals surface area contributed by atoms with Gasteiger partial charge in [0.05, 0.1) is 0 Å². The summed E-state index contributed by atoms with van der Waals surface area (Å²) >= 11 is 0. The van der Waals surface area contributed by atoms with Crippen LogP contribution in [0.4, 0.5) is 0 Å². The zero-order chi connectivity index (χ0) is 14.5. The molecular weight excluding hydrogens is 258 g/mol. The van der Waals surface area contributed by atoms with Gasteiger partial charge in [0.1, 0.15) is 0 Å². The van der Waals surface area contributed by atoms with Crippen molar-refractivity contribution in [3.05, 3.63) is 35.9 Å². The van der Waals surface area contributed by atoms with Crippen LogP contribution in [0, 0.1) is 5.92 Å². The summed E-state index contributed by atoms with van der Waals surface area (Å²) in [5.74, 6) is 0.922. The van der Waals surface area contributed by atoms with Crippen LogP contribution in [0.3, 0.4) is 0 Å². The minimum atomic E-state index is 0.261. The van der Waals surface area contributed by atoms with E-state index in [0.29, 0.717) is 6.04 Å². The maximum Gasteiger partial charge on any atom is 0.0475 e. The van der Waals surface area contributed by atoms with Crippen molar-refractivity contribution in [1.29, 1.82) is 0 Å². The highest BCUT2D eigenvalue weighted by Gasteiger charge is 2.42. The van der Waals surface area contributed by atoms with Gasteiger partial charge in [0, 0.05) is 24.7 Å². The highest BCUT2D eigenvalue weighted by Crippen LogP contribution is 2.42. The van der Waals surface area contributed by atoms with Gasteiger partial charge in [-0.25, -0.2) is 0 Å². The second-order valence-corrected chi connectivity index (χ2v) is 6.86. The molecule has 1 saturated carbocycles. The Labute approximate surface area is 129 Å². The fourth-order valence-electron chi connectivity index (χ4n) is 4.54. The van der Waals surface area contributed by atoms with Crippen molar-refractivity contribution in [3.8, 4) is 0 Å². The van der Waals surface area contributed by atoms with Gasteiger partial charge < -0.3 is 10.1 Å². The molecule has 1 saturated heterocycles. The highest BCUT2D eigenvalue weighted by molar-refractivity contribution is 5.28. The number of benzene rings is 1. The zero-order valence-corrected chi connectivity index (χ0v) is 13.3. The van der Waals surface area contributed by atoms with Crippen LogP contribution in [0.2, 0.25) is 0 Å². The van der Waals surface area contributed by atoms with Gasteiger partial charge in [-0.1, -0.05) is 56.0 Å². The van der Waals surface area contributed by atoms with Crippen LogP contribution in [-0.4, -0.2) is 26.3 Å². The summed E-state index contributed by atoms with van der Waals surface area (Å²) in [4.78, 5) is 0. The van der Waals surface area contributed by atoms with Crippen LogP contribution >= 0.6 is 0 Å². The van der Waals surface area contributed by atoms with Crippen LogP contribution in [0.1, 0.15) is 50.5 Å². The average Bonchev–Trinajstić information content (AvgIpc) is 3.07. The molecule has 1 unspecified atom stereocenters. The summed E-state index contributed by atoms with van der Waals surface area (Å²) in [6, 6.07) is 11.7. The molecule has 116 valence electrons. The van der Waals surface area contributed by atoms with Crippen molar-refractivity contribution in [2.75, 3.05) is 20.3 Å². The van der Waals surface area contributed by atoms with Gasteiger partial charge in [-0.05, 0) is 37.8 Å². The quantitative estimate of drug-likeness (QED) is 0.886. The predicted molar refractivity (Wildman–Crippen MR) is 87.6 cm³/mol. The minimum absolute atomic E-state index is 0.261. The zero-order valence-electron chi connectivity index (χ0n) is 13.3. The van der Waals surface area contributed by atoms with Crippen molar-refractivity contribution < 1.29 is 4.74 Å². The molecule has 21 heavy (non-hydrogen) atoms. The number of ether oxygens (including phenoxy) is 1. The van der Waals surface area contributed by atoms with Gasteiger partial charge in [0.25, 0.3) is 0 Å². The van der Waals surface area contributed by atoms with Gasteiger partial charge in [0.2, 0.25) is 0 Å². The lowest BCUT2D eigenvalue weighted by atomic mass is 9.66. The van der Waals surface area contributed by atoms with Crippen LogP contribution in [-0.2, 0) is 10.2 Å². The Morgan fingerprint density at radius 2 is 1.81 bits per heavy atom. The Morgan fingerprint density at radius 1 is 1.14 bits per heavy atom. The molecule has 1 aromatic rings. The predicted octanol–water partition coefficient (Wildman–Crippen LogP) is 3.90. The molecule has 0 spiro atoms. The van der Waals surface area contributed by atoms with Gasteiger partial charge >= 0.3 is 0 Å². The van der Waals surface area contributed by atoms with E-state index in [1.807, 2.05) is 0 Å². The summed E-state index contributed by atoms with van der Waals surface area (Å²) in [7, 11) is 2.15. The van der Waals surface area contributed by atoms with E-state index < -0.39 is 0 Å². The molecule has 1 heterocycles. The Bertz CT molecular complexity index is 418. The molecule has 2 nitrogen and oxygen atoms in total. The van der Waals surface area contributed by atoms with Gasteiger partial charge in [0.15, 0.2) is 0 Å². The first kappa shape index (κ1) is 15.1. The Kier molecular flexibility index (Phi) is 4.97. The molecule has 1 N–H and O–H groups in total. The van der Waals surface area contributed by atoms with Crippen LogP contribution in [0.5, 0.6) is 0 Å². The SMILES string of the molecule is CNC(CC1CCCC1)C1(c2ccccc2)CCOCC1. The third-order valence-electron chi connectivity index (χ3n) is 5.79. The maximum absolute atomic E-state index is 5.68. The van der Waals surface area contributed by atoms with Gasteiger partial charge in [-0.2, -0.15) is 0 Å².